The molecule has 0 unspecified atom stereocenters. The van der Waals surface area contributed by atoms with E-state index in [0.29, 0.717) is 5.78 Å². The number of ketones is 1. The molecule has 0 atom stereocenters. The Hall–Kier alpha value is -0.370. The number of likely N-dealkylation sites (N-methyl/N-ethyl adjacent to an activating group) is 1. The lowest BCUT2D eigenvalue weighted by Gasteiger charge is -2.43. The predicted octanol–water partition coefficient (Wildman–Crippen LogP) is 3.26. The van der Waals surface area contributed by atoms with E-state index >= 15 is 0 Å². The Balaban J connectivity index is 2.69. The normalized spacial score (nSPS) is 30.7. The van der Waals surface area contributed by atoms with E-state index < -0.39 is 0 Å². The number of nitrogens with zero attached hydrogens (tertiary/aromatic N) is 1. The minimum absolute atomic E-state index is 0.137. The molecule has 0 aliphatic heterocycles. The molecular formula is C14H27NO. The lowest BCUT2D eigenvalue weighted by Crippen LogP contribution is -2.53. The Labute approximate surface area is 100 Å². The molecule has 2 heteroatoms. The topological polar surface area (TPSA) is 20.3 Å². The lowest BCUT2D eigenvalue weighted by molar-refractivity contribution is -0.132. The number of unbranched alkanes of at least 4 members (excludes halogenated alkanes) is 1. The smallest absolute Gasteiger partial charge is 0.153 e. The third kappa shape index (κ3) is 2.85. The molecule has 0 saturated heterocycles. The molecule has 0 aromatic heterocycles. The van der Waals surface area contributed by atoms with Crippen LogP contribution in [-0.4, -0.2) is 30.3 Å². The van der Waals surface area contributed by atoms with E-state index in [2.05, 4.69) is 32.8 Å². The Morgan fingerprint density at radius 1 is 1.31 bits per heavy atom. The summed E-state index contributed by atoms with van der Waals surface area (Å²) >= 11 is 0. The standard InChI is InChI=1S/C14H27NO/c1-5-6-7-13(16)14(15(3)4)10-8-12(2)9-11-14/h12H,5-11H2,1-4H3. The van der Waals surface area contributed by atoms with Gasteiger partial charge in [0.05, 0.1) is 5.54 Å². The third-order valence-corrected chi connectivity index (χ3v) is 4.23. The summed E-state index contributed by atoms with van der Waals surface area (Å²) in [5.74, 6) is 1.28. The van der Waals surface area contributed by atoms with Gasteiger partial charge < -0.3 is 0 Å². The van der Waals surface area contributed by atoms with Crippen LogP contribution in [0.4, 0.5) is 0 Å². The largest absolute Gasteiger partial charge is 0.298 e. The first-order valence-corrected chi connectivity index (χ1v) is 6.73. The van der Waals surface area contributed by atoms with Crippen LogP contribution in [0.2, 0.25) is 0 Å². The molecule has 0 aromatic carbocycles. The maximum atomic E-state index is 12.4. The van der Waals surface area contributed by atoms with E-state index in [9.17, 15) is 4.79 Å². The second kappa shape index (κ2) is 5.81. The second-order valence-electron chi connectivity index (χ2n) is 5.64. The molecule has 1 aliphatic carbocycles. The lowest BCUT2D eigenvalue weighted by atomic mass is 9.73. The van der Waals surface area contributed by atoms with Crippen molar-refractivity contribution in [2.24, 2.45) is 5.92 Å². The summed E-state index contributed by atoms with van der Waals surface area (Å²) in [6.07, 6.45) is 7.46. The number of hydrogen-bond acceptors (Lipinski definition) is 2. The molecule has 0 bridgehead atoms. The van der Waals surface area contributed by atoms with Crippen molar-refractivity contribution in [3.05, 3.63) is 0 Å². The van der Waals surface area contributed by atoms with Crippen molar-refractivity contribution in [2.45, 2.75) is 64.3 Å². The summed E-state index contributed by atoms with van der Waals surface area (Å²) in [6, 6.07) is 0. The maximum absolute atomic E-state index is 12.4. The number of rotatable bonds is 5. The molecule has 0 amide bonds. The van der Waals surface area contributed by atoms with Gasteiger partial charge in [-0.15, -0.1) is 0 Å². The highest BCUT2D eigenvalue weighted by molar-refractivity contribution is 5.88. The Bertz CT molecular complexity index is 227. The van der Waals surface area contributed by atoms with Crippen LogP contribution in [0.1, 0.15) is 58.8 Å². The molecule has 0 N–H and O–H groups in total. The summed E-state index contributed by atoms with van der Waals surface area (Å²) in [5.41, 5.74) is -0.137. The van der Waals surface area contributed by atoms with Crippen molar-refractivity contribution in [2.75, 3.05) is 14.1 Å². The van der Waals surface area contributed by atoms with Crippen molar-refractivity contribution in [3.8, 4) is 0 Å². The van der Waals surface area contributed by atoms with Gasteiger partial charge in [-0.25, -0.2) is 0 Å². The first-order chi connectivity index (χ1) is 7.53. The Kier molecular flexibility index (Phi) is 4.97. The van der Waals surface area contributed by atoms with Crippen LogP contribution >= 0.6 is 0 Å². The molecule has 16 heavy (non-hydrogen) atoms. The molecule has 2 nitrogen and oxygen atoms in total. The van der Waals surface area contributed by atoms with E-state index in [1.54, 1.807) is 0 Å². The summed E-state index contributed by atoms with van der Waals surface area (Å²) in [6.45, 7) is 4.45. The zero-order valence-electron chi connectivity index (χ0n) is 11.4. The molecule has 0 heterocycles. The van der Waals surface area contributed by atoms with Crippen molar-refractivity contribution < 1.29 is 4.79 Å². The fourth-order valence-corrected chi connectivity index (χ4v) is 2.79. The van der Waals surface area contributed by atoms with Gasteiger partial charge in [0.2, 0.25) is 0 Å². The fourth-order valence-electron chi connectivity index (χ4n) is 2.79. The van der Waals surface area contributed by atoms with Gasteiger partial charge in [0.15, 0.2) is 5.78 Å². The Morgan fingerprint density at radius 2 is 1.88 bits per heavy atom. The van der Waals surface area contributed by atoms with E-state index in [-0.39, 0.29) is 5.54 Å². The average Bonchev–Trinajstić information content (AvgIpc) is 2.26. The summed E-state index contributed by atoms with van der Waals surface area (Å²) in [5, 5.41) is 0. The number of carbonyl (C=O) groups is 1. The van der Waals surface area contributed by atoms with Gasteiger partial charge in [-0.2, -0.15) is 0 Å². The summed E-state index contributed by atoms with van der Waals surface area (Å²) in [7, 11) is 4.14. The van der Waals surface area contributed by atoms with Crippen LogP contribution in [0, 0.1) is 5.92 Å². The first-order valence-electron chi connectivity index (χ1n) is 6.73. The molecule has 1 aliphatic rings. The van der Waals surface area contributed by atoms with E-state index in [1.807, 2.05) is 0 Å². The van der Waals surface area contributed by atoms with Gasteiger partial charge in [-0.05, 0) is 52.1 Å². The SMILES string of the molecule is CCCCC(=O)C1(N(C)C)CCC(C)CC1. The zero-order chi connectivity index (χ0) is 12.2. The van der Waals surface area contributed by atoms with E-state index in [0.717, 1.165) is 38.0 Å². The third-order valence-electron chi connectivity index (χ3n) is 4.23. The molecular weight excluding hydrogens is 198 g/mol. The van der Waals surface area contributed by atoms with Crippen LogP contribution in [0.5, 0.6) is 0 Å². The quantitative estimate of drug-likeness (QED) is 0.716. The minimum Gasteiger partial charge on any atom is -0.298 e. The summed E-state index contributed by atoms with van der Waals surface area (Å²) < 4.78 is 0. The number of Topliss-reactive ketones (excluding diaryl/α,β-unsaturated/α-hetero) is 1. The van der Waals surface area contributed by atoms with Gasteiger partial charge in [-0.3, -0.25) is 9.69 Å². The van der Waals surface area contributed by atoms with E-state index in [1.165, 1.54) is 12.8 Å². The first kappa shape index (κ1) is 13.7. The Morgan fingerprint density at radius 3 is 2.31 bits per heavy atom. The zero-order valence-corrected chi connectivity index (χ0v) is 11.4. The predicted molar refractivity (Wildman–Crippen MR) is 68.6 cm³/mol. The van der Waals surface area contributed by atoms with Crippen molar-refractivity contribution in [3.63, 3.8) is 0 Å². The molecule has 1 fully saturated rings. The van der Waals surface area contributed by atoms with Gasteiger partial charge in [0, 0.05) is 6.42 Å². The van der Waals surface area contributed by atoms with Gasteiger partial charge in [0.1, 0.15) is 0 Å². The second-order valence-corrected chi connectivity index (χ2v) is 5.64. The highest BCUT2D eigenvalue weighted by atomic mass is 16.1. The van der Waals surface area contributed by atoms with Crippen LogP contribution in [0.25, 0.3) is 0 Å². The van der Waals surface area contributed by atoms with Crippen molar-refractivity contribution in [1.82, 2.24) is 4.90 Å². The van der Waals surface area contributed by atoms with Gasteiger partial charge in [0.25, 0.3) is 0 Å². The summed E-state index contributed by atoms with van der Waals surface area (Å²) in [4.78, 5) is 14.6. The molecule has 1 saturated carbocycles. The highest BCUT2D eigenvalue weighted by Gasteiger charge is 2.41. The van der Waals surface area contributed by atoms with Crippen molar-refractivity contribution >= 4 is 5.78 Å². The van der Waals surface area contributed by atoms with Crippen LogP contribution in [-0.2, 0) is 4.79 Å². The fraction of sp³-hybridized carbons (Fsp3) is 0.929. The molecule has 1 rings (SSSR count). The van der Waals surface area contributed by atoms with Gasteiger partial charge >= 0.3 is 0 Å². The minimum atomic E-state index is -0.137. The molecule has 0 spiro atoms. The van der Waals surface area contributed by atoms with Gasteiger partial charge in [-0.1, -0.05) is 20.3 Å². The number of carbonyl (C=O) groups excluding carboxylic acids is 1. The van der Waals surface area contributed by atoms with Crippen molar-refractivity contribution in [1.29, 1.82) is 0 Å². The molecule has 0 aromatic rings. The molecule has 0 radical (unpaired) electrons. The van der Waals surface area contributed by atoms with Crippen LogP contribution in [0.3, 0.4) is 0 Å². The molecule has 94 valence electrons. The van der Waals surface area contributed by atoms with Crippen LogP contribution in [0.15, 0.2) is 0 Å². The maximum Gasteiger partial charge on any atom is 0.153 e. The number of hydrogen-bond donors (Lipinski definition) is 0. The average molecular weight is 225 g/mol. The highest BCUT2D eigenvalue weighted by Crippen LogP contribution is 2.36. The monoisotopic (exact) mass is 225 g/mol. The van der Waals surface area contributed by atoms with Crippen LogP contribution < -0.4 is 0 Å². The van der Waals surface area contributed by atoms with E-state index in [4.69, 9.17) is 0 Å².